The minimum absolute atomic E-state index is 0.114. The molecule has 1 atom stereocenters. The van der Waals surface area contributed by atoms with E-state index < -0.39 is 6.36 Å². The number of halogens is 3. The first kappa shape index (κ1) is 17.8. The Labute approximate surface area is 136 Å². The Kier molecular flexibility index (Phi) is 5.45. The molecular formula is C15H17F3N4O2. The second-order valence-corrected chi connectivity index (χ2v) is 5.02. The Balaban J connectivity index is 2.36. The van der Waals surface area contributed by atoms with Gasteiger partial charge in [0.15, 0.2) is 0 Å². The summed E-state index contributed by atoms with van der Waals surface area (Å²) in [5.41, 5.74) is 0.852. The van der Waals surface area contributed by atoms with Crippen LogP contribution in [-0.2, 0) is 0 Å². The second kappa shape index (κ2) is 7.35. The maximum absolute atomic E-state index is 12.3. The summed E-state index contributed by atoms with van der Waals surface area (Å²) >= 11 is 0. The van der Waals surface area contributed by atoms with Crippen molar-refractivity contribution in [1.82, 2.24) is 9.97 Å². The smallest absolute Gasteiger partial charge is 0.406 e. The minimum Gasteiger partial charge on any atom is -0.406 e. The number of aromatic nitrogens is 2. The van der Waals surface area contributed by atoms with Gasteiger partial charge < -0.3 is 20.5 Å². The van der Waals surface area contributed by atoms with Crippen LogP contribution in [0.2, 0.25) is 0 Å². The van der Waals surface area contributed by atoms with Crippen LogP contribution in [0.15, 0.2) is 30.3 Å². The summed E-state index contributed by atoms with van der Waals surface area (Å²) in [5.74, 6) is 0.401. The van der Waals surface area contributed by atoms with E-state index in [1.54, 1.807) is 26.1 Å². The first-order valence-corrected chi connectivity index (χ1v) is 7.11. The van der Waals surface area contributed by atoms with Crippen LogP contribution in [0.3, 0.4) is 0 Å². The topological polar surface area (TPSA) is 79.3 Å². The average Bonchev–Trinajstić information content (AvgIpc) is 2.53. The van der Waals surface area contributed by atoms with Crippen molar-refractivity contribution >= 4 is 11.8 Å². The first-order chi connectivity index (χ1) is 11.3. The number of alkyl halides is 3. The lowest BCUT2D eigenvalue weighted by molar-refractivity contribution is -0.274. The summed E-state index contributed by atoms with van der Waals surface area (Å²) in [4.78, 5) is 8.46. The van der Waals surface area contributed by atoms with Crippen molar-refractivity contribution in [1.29, 1.82) is 0 Å². The summed E-state index contributed by atoms with van der Waals surface area (Å²) < 4.78 is 41.0. The van der Waals surface area contributed by atoms with Crippen LogP contribution in [0.1, 0.15) is 6.92 Å². The highest BCUT2D eigenvalue weighted by Crippen LogP contribution is 2.28. The molecule has 1 aromatic carbocycles. The molecule has 0 aliphatic heterocycles. The molecule has 0 amide bonds. The van der Waals surface area contributed by atoms with Crippen molar-refractivity contribution in [2.75, 3.05) is 24.3 Å². The molecule has 6 nitrogen and oxygen atoms in total. The molecular weight excluding hydrogens is 325 g/mol. The standard InChI is InChI=1S/C15H17F3N4O2/c1-9(8-23)20-14-21-12(7-13(19-2)22-14)10-4-3-5-11(6-10)24-15(16,17)18/h3-7,9,23H,8H2,1-2H3,(H2,19,20,21,22)/t9-/m0/s1. The van der Waals surface area contributed by atoms with Crippen LogP contribution < -0.4 is 15.4 Å². The third-order valence-electron chi connectivity index (χ3n) is 3.00. The molecule has 24 heavy (non-hydrogen) atoms. The maximum Gasteiger partial charge on any atom is 0.573 e. The third kappa shape index (κ3) is 4.98. The van der Waals surface area contributed by atoms with Crippen molar-refractivity contribution in [3.63, 3.8) is 0 Å². The van der Waals surface area contributed by atoms with Crippen LogP contribution >= 0.6 is 0 Å². The minimum atomic E-state index is -4.76. The molecule has 0 fully saturated rings. The molecule has 0 unspecified atom stereocenters. The number of aliphatic hydroxyl groups is 1. The van der Waals surface area contributed by atoms with Gasteiger partial charge in [-0.15, -0.1) is 13.2 Å². The highest BCUT2D eigenvalue weighted by Gasteiger charge is 2.31. The van der Waals surface area contributed by atoms with Crippen molar-refractivity contribution in [3.8, 4) is 17.0 Å². The van der Waals surface area contributed by atoms with Gasteiger partial charge in [-0.3, -0.25) is 0 Å². The van der Waals surface area contributed by atoms with E-state index in [2.05, 4.69) is 25.3 Å². The second-order valence-electron chi connectivity index (χ2n) is 5.02. The Morgan fingerprint density at radius 2 is 2.00 bits per heavy atom. The molecule has 2 aromatic rings. The van der Waals surface area contributed by atoms with E-state index in [-0.39, 0.29) is 24.3 Å². The zero-order chi connectivity index (χ0) is 17.7. The van der Waals surface area contributed by atoms with Crippen molar-refractivity contribution in [3.05, 3.63) is 30.3 Å². The van der Waals surface area contributed by atoms with Crippen LogP contribution in [0.25, 0.3) is 11.3 Å². The Bertz CT molecular complexity index is 695. The van der Waals surface area contributed by atoms with Gasteiger partial charge in [-0.25, -0.2) is 4.98 Å². The van der Waals surface area contributed by atoms with E-state index in [0.717, 1.165) is 0 Å². The number of anilines is 2. The quantitative estimate of drug-likeness (QED) is 0.749. The van der Waals surface area contributed by atoms with Crippen molar-refractivity contribution < 1.29 is 23.0 Å². The predicted octanol–water partition coefficient (Wildman–Crippen LogP) is 2.88. The van der Waals surface area contributed by atoms with Crippen LogP contribution in [0.4, 0.5) is 24.9 Å². The fourth-order valence-electron chi connectivity index (χ4n) is 1.91. The monoisotopic (exact) mass is 342 g/mol. The molecule has 0 saturated carbocycles. The van der Waals surface area contributed by atoms with Crippen LogP contribution in [0, 0.1) is 0 Å². The van der Waals surface area contributed by atoms with Crippen LogP contribution in [-0.4, -0.2) is 41.1 Å². The van der Waals surface area contributed by atoms with E-state index in [9.17, 15) is 13.2 Å². The molecule has 2 rings (SSSR count). The Morgan fingerprint density at radius 1 is 1.25 bits per heavy atom. The molecule has 9 heteroatoms. The number of hydrogen-bond acceptors (Lipinski definition) is 6. The average molecular weight is 342 g/mol. The summed E-state index contributed by atoms with van der Waals surface area (Å²) in [5, 5.41) is 14.9. The normalized spacial score (nSPS) is 12.6. The molecule has 0 radical (unpaired) electrons. The zero-order valence-electron chi connectivity index (χ0n) is 13.1. The highest BCUT2D eigenvalue weighted by atomic mass is 19.4. The Morgan fingerprint density at radius 3 is 2.62 bits per heavy atom. The first-order valence-electron chi connectivity index (χ1n) is 7.11. The summed E-state index contributed by atoms with van der Waals surface area (Å²) in [6, 6.07) is 6.84. The van der Waals surface area contributed by atoms with E-state index in [1.165, 1.54) is 18.2 Å². The fourth-order valence-corrected chi connectivity index (χ4v) is 1.91. The molecule has 0 aliphatic carbocycles. The zero-order valence-corrected chi connectivity index (χ0v) is 13.1. The number of rotatable bonds is 6. The van der Waals surface area contributed by atoms with Gasteiger partial charge in [-0.1, -0.05) is 12.1 Å². The van der Waals surface area contributed by atoms with E-state index in [0.29, 0.717) is 17.1 Å². The Hall–Kier alpha value is -2.55. The summed E-state index contributed by atoms with van der Waals surface area (Å²) in [7, 11) is 1.66. The van der Waals surface area contributed by atoms with Gasteiger partial charge in [0.25, 0.3) is 0 Å². The number of nitrogens with one attached hydrogen (secondary N) is 2. The number of benzene rings is 1. The lowest BCUT2D eigenvalue weighted by Crippen LogP contribution is -2.21. The molecule has 130 valence electrons. The lowest BCUT2D eigenvalue weighted by Gasteiger charge is -2.14. The van der Waals surface area contributed by atoms with Crippen LogP contribution in [0.5, 0.6) is 5.75 Å². The van der Waals surface area contributed by atoms with Crippen molar-refractivity contribution in [2.24, 2.45) is 0 Å². The molecule has 3 N–H and O–H groups in total. The van der Waals surface area contributed by atoms with Gasteiger partial charge in [-0.2, -0.15) is 4.98 Å². The number of hydrogen-bond donors (Lipinski definition) is 3. The van der Waals surface area contributed by atoms with Gasteiger partial charge in [0.2, 0.25) is 5.95 Å². The maximum atomic E-state index is 12.3. The molecule has 1 heterocycles. The lowest BCUT2D eigenvalue weighted by atomic mass is 10.1. The largest absolute Gasteiger partial charge is 0.573 e. The van der Waals surface area contributed by atoms with Gasteiger partial charge >= 0.3 is 6.36 Å². The van der Waals surface area contributed by atoms with Gasteiger partial charge in [-0.05, 0) is 19.1 Å². The summed E-state index contributed by atoms with van der Waals surface area (Å²) in [6.45, 7) is 1.63. The highest BCUT2D eigenvalue weighted by molar-refractivity contribution is 5.65. The number of ether oxygens (including phenoxy) is 1. The van der Waals surface area contributed by atoms with Crippen molar-refractivity contribution in [2.45, 2.75) is 19.3 Å². The summed E-state index contributed by atoms with van der Waals surface area (Å²) in [6.07, 6.45) is -4.76. The van der Waals surface area contributed by atoms with E-state index in [1.807, 2.05) is 0 Å². The van der Waals surface area contributed by atoms with Gasteiger partial charge in [0, 0.05) is 24.7 Å². The third-order valence-corrected chi connectivity index (χ3v) is 3.00. The van der Waals surface area contributed by atoms with Gasteiger partial charge in [0.05, 0.1) is 12.3 Å². The molecule has 0 saturated heterocycles. The number of nitrogens with zero attached hydrogens (tertiary/aromatic N) is 2. The molecule has 1 aromatic heterocycles. The predicted molar refractivity (Wildman–Crippen MR) is 83.9 cm³/mol. The molecule has 0 bridgehead atoms. The fraction of sp³-hybridized carbons (Fsp3) is 0.333. The van der Waals surface area contributed by atoms with E-state index in [4.69, 9.17) is 5.11 Å². The molecule has 0 aliphatic rings. The molecule has 0 spiro atoms. The van der Waals surface area contributed by atoms with E-state index >= 15 is 0 Å². The van der Waals surface area contributed by atoms with Gasteiger partial charge in [0.1, 0.15) is 11.6 Å². The number of aliphatic hydroxyl groups excluding tert-OH is 1. The SMILES string of the molecule is CNc1cc(-c2cccc(OC(F)(F)F)c2)nc(N[C@@H](C)CO)n1.